The summed E-state index contributed by atoms with van der Waals surface area (Å²) in [6.07, 6.45) is 0. The number of aliphatic hydroxyl groups is 1. The van der Waals surface area contributed by atoms with Gasteiger partial charge in [-0.05, 0) is 0 Å². The van der Waals surface area contributed by atoms with Gasteiger partial charge in [-0.25, -0.2) is 0 Å². The molecule has 44 valence electrons. The fourth-order valence-electron chi connectivity index (χ4n) is 0.142. The van der Waals surface area contributed by atoms with Crippen molar-refractivity contribution in [1.82, 2.24) is 0 Å². The van der Waals surface area contributed by atoms with Gasteiger partial charge in [0.15, 0.2) is 0 Å². The molecule has 0 aliphatic heterocycles. The highest BCUT2D eigenvalue weighted by atomic mass is 19.3. The molecule has 0 aliphatic rings. The van der Waals surface area contributed by atoms with Crippen LogP contribution in [0.4, 0.5) is 8.78 Å². The molecule has 0 aromatic carbocycles. The number of alkyl halides is 2. The van der Waals surface area contributed by atoms with Crippen LogP contribution in [0.25, 0.3) is 0 Å². The van der Waals surface area contributed by atoms with Gasteiger partial charge >= 0.3 is 6.61 Å². The maximum Gasteiger partial charge on any atom is 0.345 e. The summed E-state index contributed by atoms with van der Waals surface area (Å²) < 4.78 is 25.4. The van der Waals surface area contributed by atoms with Crippen molar-refractivity contribution in [3.05, 3.63) is 0 Å². The fraction of sp³-hybridized carbons (Fsp3) is 1.00. The molecule has 4 heteroatoms. The molecular formula is C3H6F2O2. The Balaban J connectivity index is 2.68. The minimum Gasteiger partial charge on any atom is -0.394 e. The highest BCUT2D eigenvalue weighted by Crippen LogP contribution is 1.91. The lowest BCUT2D eigenvalue weighted by Crippen LogP contribution is -2.03. The Hall–Kier alpha value is -0.220. The first-order chi connectivity index (χ1) is 3.27. The van der Waals surface area contributed by atoms with Crippen LogP contribution in [-0.2, 0) is 4.74 Å². The highest BCUT2D eigenvalue weighted by Gasteiger charge is 1.97. The third-order valence-electron chi connectivity index (χ3n) is 0.335. The molecule has 0 atom stereocenters. The minimum absolute atomic E-state index is 0.294. The zero-order valence-corrected chi connectivity index (χ0v) is 3.60. The van der Waals surface area contributed by atoms with Crippen molar-refractivity contribution in [1.29, 1.82) is 0 Å². The molecule has 0 saturated heterocycles. The van der Waals surface area contributed by atoms with E-state index in [1.165, 1.54) is 0 Å². The van der Waals surface area contributed by atoms with E-state index in [1.54, 1.807) is 0 Å². The summed E-state index contributed by atoms with van der Waals surface area (Å²) in [5.41, 5.74) is 0. The van der Waals surface area contributed by atoms with E-state index >= 15 is 0 Å². The fourth-order valence-corrected chi connectivity index (χ4v) is 0.142. The number of ether oxygens (including phenoxy) is 1. The molecule has 2 nitrogen and oxygen atoms in total. The zero-order chi connectivity index (χ0) is 5.70. The van der Waals surface area contributed by atoms with Gasteiger partial charge in [-0.15, -0.1) is 0 Å². The first kappa shape index (κ1) is 6.78. The van der Waals surface area contributed by atoms with Crippen LogP contribution in [0.3, 0.4) is 0 Å². The van der Waals surface area contributed by atoms with Crippen LogP contribution in [0, 0.1) is 0 Å². The lowest BCUT2D eigenvalue weighted by atomic mass is 10.8. The van der Waals surface area contributed by atoms with Crippen molar-refractivity contribution < 1.29 is 18.6 Å². The molecule has 0 aromatic rings. The Kier molecular flexibility index (Phi) is 3.83. The van der Waals surface area contributed by atoms with Gasteiger partial charge < -0.3 is 9.84 Å². The molecule has 0 saturated carbocycles. The average molecular weight is 112 g/mol. The topological polar surface area (TPSA) is 29.5 Å². The van der Waals surface area contributed by atoms with Crippen molar-refractivity contribution in [2.45, 2.75) is 6.61 Å². The van der Waals surface area contributed by atoms with E-state index < -0.39 is 6.61 Å². The number of halogens is 2. The van der Waals surface area contributed by atoms with Gasteiger partial charge in [0, 0.05) is 0 Å². The second kappa shape index (κ2) is 3.95. The van der Waals surface area contributed by atoms with Gasteiger partial charge in [0.2, 0.25) is 0 Å². The molecule has 0 fully saturated rings. The van der Waals surface area contributed by atoms with Crippen LogP contribution in [0.1, 0.15) is 0 Å². The second-order valence-electron chi connectivity index (χ2n) is 0.855. The molecule has 0 heterocycles. The Labute approximate surface area is 39.7 Å². The van der Waals surface area contributed by atoms with Crippen molar-refractivity contribution in [2.24, 2.45) is 0 Å². The molecule has 1 N–H and O–H groups in total. The second-order valence-corrected chi connectivity index (χ2v) is 0.855. The molecule has 0 aliphatic carbocycles. The predicted molar refractivity (Wildman–Crippen MR) is 19.0 cm³/mol. The smallest absolute Gasteiger partial charge is 0.345 e. The van der Waals surface area contributed by atoms with Gasteiger partial charge in [-0.1, -0.05) is 0 Å². The molecule has 0 amide bonds. The summed E-state index contributed by atoms with van der Waals surface area (Å²) >= 11 is 0. The van der Waals surface area contributed by atoms with Crippen molar-refractivity contribution >= 4 is 0 Å². The quantitative estimate of drug-likeness (QED) is 0.565. The first-order valence-corrected chi connectivity index (χ1v) is 1.78. The summed E-state index contributed by atoms with van der Waals surface area (Å²) in [4.78, 5) is 0. The Morgan fingerprint density at radius 2 is 2.14 bits per heavy atom. The number of rotatable bonds is 3. The SMILES string of the molecule is OCCOC(F)F. The molecule has 7 heavy (non-hydrogen) atoms. The highest BCUT2D eigenvalue weighted by molar-refractivity contribution is 4.18. The zero-order valence-electron chi connectivity index (χ0n) is 3.60. The van der Waals surface area contributed by atoms with E-state index in [1.807, 2.05) is 0 Å². The van der Waals surface area contributed by atoms with E-state index in [0.29, 0.717) is 0 Å². The van der Waals surface area contributed by atoms with Crippen LogP contribution >= 0.6 is 0 Å². The molecule has 0 spiro atoms. The maximum absolute atomic E-state index is 10.9. The minimum atomic E-state index is -2.76. The summed E-state index contributed by atoms with van der Waals surface area (Å²) in [5, 5.41) is 7.86. The largest absolute Gasteiger partial charge is 0.394 e. The molecular weight excluding hydrogens is 106 g/mol. The number of hydrogen-bond donors (Lipinski definition) is 1. The van der Waals surface area contributed by atoms with Crippen LogP contribution in [0.15, 0.2) is 0 Å². The predicted octanol–water partition coefficient (Wildman–Crippen LogP) is 0.218. The molecule has 0 radical (unpaired) electrons. The van der Waals surface area contributed by atoms with Crippen LogP contribution in [0.5, 0.6) is 0 Å². The first-order valence-electron chi connectivity index (χ1n) is 1.78. The van der Waals surface area contributed by atoms with Crippen LogP contribution in [0.2, 0.25) is 0 Å². The molecule has 0 aromatic heterocycles. The van der Waals surface area contributed by atoms with Gasteiger partial charge in [0.1, 0.15) is 0 Å². The maximum atomic E-state index is 10.9. The molecule has 0 unspecified atom stereocenters. The van der Waals surface area contributed by atoms with E-state index in [-0.39, 0.29) is 13.2 Å². The van der Waals surface area contributed by atoms with Gasteiger partial charge in [0.05, 0.1) is 13.2 Å². The Morgan fingerprint density at radius 3 is 2.29 bits per heavy atom. The van der Waals surface area contributed by atoms with Crippen LogP contribution < -0.4 is 0 Å². The average Bonchev–Trinajstić information content (AvgIpc) is 1.61. The van der Waals surface area contributed by atoms with Gasteiger partial charge in [0.25, 0.3) is 0 Å². The van der Waals surface area contributed by atoms with E-state index in [9.17, 15) is 8.78 Å². The summed E-state index contributed by atoms with van der Waals surface area (Å²) in [6, 6.07) is 0. The van der Waals surface area contributed by atoms with Crippen molar-refractivity contribution in [3.63, 3.8) is 0 Å². The Bertz CT molecular complexity index is 39.9. The van der Waals surface area contributed by atoms with Crippen LogP contribution in [-0.4, -0.2) is 24.9 Å². The van der Waals surface area contributed by atoms with Crippen molar-refractivity contribution in [2.75, 3.05) is 13.2 Å². The molecule has 0 bridgehead atoms. The third kappa shape index (κ3) is 5.78. The number of aliphatic hydroxyl groups excluding tert-OH is 1. The Morgan fingerprint density at radius 1 is 1.57 bits per heavy atom. The van der Waals surface area contributed by atoms with E-state index in [4.69, 9.17) is 5.11 Å². The number of hydrogen-bond acceptors (Lipinski definition) is 2. The summed E-state index contributed by atoms with van der Waals surface area (Å²) in [6.45, 7) is -3.41. The lowest BCUT2D eigenvalue weighted by Gasteiger charge is -1.95. The van der Waals surface area contributed by atoms with E-state index in [2.05, 4.69) is 4.74 Å². The normalized spacial score (nSPS) is 10.3. The lowest BCUT2D eigenvalue weighted by molar-refractivity contribution is -0.135. The van der Waals surface area contributed by atoms with E-state index in [0.717, 1.165) is 0 Å². The third-order valence-corrected chi connectivity index (χ3v) is 0.335. The molecule has 0 rings (SSSR count). The monoisotopic (exact) mass is 112 g/mol. The van der Waals surface area contributed by atoms with Gasteiger partial charge in [-0.2, -0.15) is 8.78 Å². The standard InChI is InChI=1S/C3H6F2O2/c4-3(5)7-2-1-6/h3,6H,1-2H2. The van der Waals surface area contributed by atoms with Gasteiger partial charge in [-0.3, -0.25) is 0 Å². The van der Waals surface area contributed by atoms with Crippen molar-refractivity contribution in [3.8, 4) is 0 Å². The summed E-state index contributed by atoms with van der Waals surface area (Å²) in [7, 11) is 0. The summed E-state index contributed by atoms with van der Waals surface area (Å²) in [5.74, 6) is 0.